The zero-order valence-corrected chi connectivity index (χ0v) is 10.5. The van der Waals surface area contributed by atoms with Gasteiger partial charge < -0.3 is 0 Å². The standard InChI is InChI=1S/C10H22OS2/c1-3-5-7-9-12-11-13-10-8-6-4-2/h3-10H2,1-2H3. The predicted octanol–water partition coefficient (Wildman–Crippen LogP) is 4.68. The van der Waals surface area contributed by atoms with Crippen LogP contribution in [0.3, 0.4) is 0 Å². The molecule has 0 aromatic carbocycles. The zero-order chi connectivity index (χ0) is 9.78. The molecule has 0 saturated carbocycles. The summed E-state index contributed by atoms with van der Waals surface area (Å²) in [6.07, 6.45) is 7.83. The van der Waals surface area contributed by atoms with Crippen LogP contribution in [-0.2, 0) is 3.63 Å². The van der Waals surface area contributed by atoms with Gasteiger partial charge in [0.15, 0.2) is 0 Å². The minimum atomic E-state index is 1.15. The topological polar surface area (TPSA) is 9.23 Å². The SMILES string of the molecule is CCCCCSOSCCCCC. The molecule has 0 aliphatic rings. The minimum absolute atomic E-state index is 1.15. The third-order valence-corrected chi connectivity index (χ3v) is 3.44. The highest BCUT2D eigenvalue weighted by molar-refractivity contribution is 8.07. The van der Waals surface area contributed by atoms with Crippen molar-refractivity contribution in [1.29, 1.82) is 0 Å². The van der Waals surface area contributed by atoms with E-state index in [4.69, 9.17) is 3.63 Å². The molecule has 0 aromatic rings. The maximum Gasteiger partial charge on any atom is 0.0210 e. The Balaban J connectivity index is 2.76. The van der Waals surface area contributed by atoms with Crippen molar-refractivity contribution in [3.63, 3.8) is 0 Å². The van der Waals surface area contributed by atoms with E-state index in [1.807, 2.05) is 0 Å². The molecule has 0 unspecified atom stereocenters. The van der Waals surface area contributed by atoms with Gasteiger partial charge in [-0.15, -0.1) is 0 Å². The van der Waals surface area contributed by atoms with Crippen molar-refractivity contribution in [3.05, 3.63) is 0 Å². The quantitative estimate of drug-likeness (QED) is 0.392. The van der Waals surface area contributed by atoms with E-state index >= 15 is 0 Å². The lowest BCUT2D eigenvalue weighted by molar-refractivity contribution is 0.719. The lowest BCUT2D eigenvalue weighted by atomic mass is 10.3. The normalized spacial score (nSPS) is 10.6. The van der Waals surface area contributed by atoms with Crippen LogP contribution >= 0.6 is 24.1 Å². The highest BCUT2D eigenvalue weighted by Crippen LogP contribution is 2.17. The van der Waals surface area contributed by atoms with Gasteiger partial charge in [-0.05, 0) is 12.8 Å². The third kappa shape index (κ3) is 12.7. The lowest BCUT2D eigenvalue weighted by Gasteiger charge is -2.00. The number of hydrogen-bond acceptors (Lipinski definition) is 3. The van der Waals surface area contributed by atoms with Gasteiger partial charge in [-0.25, -0.2) is 3.63 Å². The Bertz CT molecular complexity index is 79.0. The van der Waals surface area contributed by atoms with Gasteiger partial charge in [-0.1, -0.05) is 39.5 Å². The molecule has 0 bridgehead atoms. The molecular weight excluding hydrogens is 200 g/mol. The molecule has 0 aromatic heterocycles. The second-order valence-electron chi connectivity index (χ2n) is 3.13. The van der Waals surface area contributed by atoms with Gasteiger partial charge in [-0.3, -0.25) is 0 Å². The Kier molecular flexibility index (Phi) is 13.3. The molecule has 0 aliphatic heterocycles. The van der Waals surface area contributed by atoms with Crippen LogP contribution in [0, 0.1) is 0 Å². The van der Waals surface area contributed by atoms with Crippen LogP contribution < -0.4 is 0 Å². The zero-order valence-electron chi connectivity index (χ0n) is 8.88. The van der Waals surface area contributed by atoms with E-state index in [0.717, 1.165) is 11.5 Å². The van der Waals surface area contributed by atoms with Crippen LogP contribution in [0.25, 0.3) is 0 Å². The summed E-state index contributed by atoms with van der Waals surface area (Å²) >= 11 is 3.23. The van der Waals surface area contributed by atoms with Gasteiger partial charge >= 0.3 is 0 Å². The molecule has 0 N–H and O–H groups in total. The number of hydrogen-bond donors (Lipinski definition) is 0. The van der Waals surface area contributed by atoms with Crippen molar-refractivity contribution in [2.24, 2.45) is 0 Å². The Morgan fingerprint density at radius 1 is 0.769 bits per heavy atom. The molecule has 0 heterocycles. The molecule has 0 rings (SSSR count). The summed E-state index contributed by atoms with van der Waals surface area (Å²) in [5, 5.41) is 0. The second-order valence-corrected chi connectivity index (χ2v) is 4.96. The minimum Gasteiger partial charge on any atom is -0.247 e. The fourth-order valence-electron chi connectivity index (χ4n) is 0.924. The van der Waals surface area contributed by atoms with Gasteiger partial charge in [0.25, 0.3) is 0 Å². The van der Waals surface area contributed by atoms with Crippen LogP contribution in [0.15, 0.2) is 0 Å². The van der Waals surface area contributed by atoms with Crippen molar-refractivity contribution in [2.75, 3.05) is 11.5 Å². The van der Waals surface area contributed by atoms with Crippen LogP contribution in [0.5, 0.6) is 0 Å². The first-order valence-corrected chi connectivity index (χ1v) is 7.15. The second kappa shape index (κ2) is 12.7. The van der Waals surface area contributed by atoms with Crippen LogP contribution in [0.4, 0.5) is 0 Å². The summed E-state index contributed by atoms with van der Waals surface area (Å²) in [7, 11) is 0. The fraction of sp³-hybridized carbons (Fsp3) is 1.00. The summed E-state index contributed by atoms with van der Waals surface area (Å²) in [5.74, 6) is 2.29. The van der Waals surface area contributed by atoms with E-state index in [-0.39, 0.29) is 0 Å². The molecule has 80 valence electrons. The van der Waals surface area contributed by atoms with Crippen LogP contribution in [-0.4, -0.2) is 11.5 Å². The van der Waals surface area contributed by atoms with Gasteiger partial charge in [0.05, 0.1) is 0 Å². The molecule has 0 amide bonds. The average molecular weight is 222 g/mol. The Morgan fingerprint density at radius 2 is 1.23 bits per heavy atom. The molecule has 0 atom stereocenters. The van der Waals surface area contributed by atoms with Crippen LogP contribution in [0.2, 0.25) is 0 Å². The first-order chi connectivity index (χ1) is 6.41. The van der Waals surface area contributed by atoms with E-state index in [1.165, 1.54) is 38.5 Å². The number of rotatable bonds is 10. The Morgan fingerprint density at radius 3 is 1.62 bits per heavy atom. The van der Waals surface area contributed by atoms with E-state index in [9.17, 15) is 0 Å². The van der Waals surface area contributed by atoms with Crippen LogP contribution in [0.1, 0.15) is 52.4 Å². The van der Waals surface area contributed by atoms with Gasteiger partial charge in [-0.2, -0.15) is 0 Å². The average Bonchev–Trinajstić information content (AvgIpc) is 2.16. The monoisotopic (exact) mass is 222 g/mol. The van der Waals surface area contributed by atoms with E-state index < -0.39 is 0 Å². The fourth-order valence-corrected chi connectivity index (χ4v) is 2.38. The van der Waals surface area contributed by atoms with E-state index in [2.05, 4.69) is 13.8 Å². The maximum absolute atomic E-state index is 5.36. The van der Waals surface area contributed by atoms with E-state index in [1.54, 1.807) is 24.1 Å². The smallest absolute Gasteiger partial charge is 0.0210 e. The molecule has 0 saturated heterocycles. The highest BCUT2D eigenvalue weighted by atomic mass is 32.2. The van der Waals surface area contributed by atoms with E-state index in [0.29, 0.717) is 0 Å². The third-order valence-electron chi connectivity index (χ3n) is 1.76. The molecular formula is C10H22OS2. The lowest BCUT2D eigenvalue weighted by Crippen LogP contribution is -1.81. The highest BCUT2D eigenvalue weighted by Gasteiger charge is 1.92. The van der Waals surface area contributed by atoms with Crippen molar-refractivity contribution < 1.29 is 3.63 Å². The Hall–Kier alpha value is 0.660. The maximum atomic E-state index is 5.36. The van der Waals surface area contributed by atoms with Crippen molar-refractivity contribution in [3.8, 4) is 0 Å². The van der Waals surface area contributed by atoms with Gasteiger partial charge in [0.2, 0.25) is 0 Å². The van der Waals surface area contributed by atoms with Crippen molar-refractivity contribution in [2.45, 2.75) is 52.4 Å². The molecule has 0 radical (unpaired) electrons. The molecule has 0 fully saturated rings. The summed E-state index contributed by atoms with van der Waals surface area (Å²) in [4.78, 5) is 0. The summed E-state index contributed by atoms with van der Waals surface area (Å²) in [5.41, 5.74) is 0. The largest absolute Gasteiger partial charge is 0.247 e. The first-order valence-electron chi connectivity index (χ1n) is 5.32. The summed E-state index contributed by atoms with van der Waals surface area (Å²) in [6, 6.07) is 0. The molecule has 3 heteroatoms. The van der Waals surface area contributed by atoms with Gasteiger partial charge in [0, 0.05) is 35.6 Å². The first kappa shape index (κ1) is 13.7. The molecule has 0 spiro atoms. The summed E-state index contributed by atoms with van der Waals surface area (Å²) < 4.78 is 5.36. The van der Waals surface area contributed by atoms with Crippen molar-refractivity contribution in [1.82, 2.24) is 0 Å². The Labute approximate surface area is 91.8 Å². The predicted molar refractivity (Wildman–Crippen MR) is 65.1 cm³/mol. The molecule has 13 heavy (non-hydrogen) atoms. The van der Waals surface area contributed by atoms with Gasteiger partial charge in [0.1, 0.15) is 0 Å². The molecule has 1 nitrogen and oxygen atoms in total. The van der Waals surface area contributed by atoms with Crippen molar-refractivity contribution >= 4 is 24.1 Å². The molecule has 0 aliphatic carbocycles. The number of unbranched alkanes of at least 4 members (excludes halogenated alkanes) is 4. The summed E-state index contributed by atoms with van der Waals surface area (Å²) in [6.45, 7) is 4.45.